The second-order valence-electron chi connectivity index (χ2n) is 15.5. The molecule has 3 amide bonds. The van der Waals surface area contributed by atoms with E-state index in [0.717, 1.165) is 48.4 Å². The highest BCUT2D eigenvalue weighted by molar-refractivity contribution is 5.93. The van der Waals surface area contributed by atoms with Gasteiger partial charge in [-0.05, 0) is 67.3 Å². The lowest BCUT2D eigenvalue weighted by Crippen LogP contribution is -2.31. The van der Waals surface area contributed by atoms with Gasteiger partial charge in [0.05, 0.1) is 29.9 Å². The Balaban J connectivity index is 0.000000151. The molecule has 344 valence electrons. The van der Waals surface area contributed by atoms with Crippen molar-refractivity contribution >= 4 is 35.6 Å². The van der Waals surface area contributed by atoms with Gasteiger partial charge in [-0.3, -0.25) is 14.4 Å². The number of halogens is 1. The number of hydrogen-bond donors (Lipinski definition) is 4. The van der Waals surface area contributed by atoms with Gasteiger partial charge in [0.15, 0.2) is 0 Å². The number of hydrogen-bond acceptors (Lipinski definition) is 13. The Morgan fingerprint density at radius 1 is 0.618 bits per heavy atom. The van der Waals surface area contributed by atoms with E-state index in [1.165, 1.54) is 18.6 Å². The van der Waals surface area contributed by atoms with Crippen molar-refractivity contribution in [1.82, 2.24) is 29.9 Å². The van der Waals surface area contributed by atoms with Crippen LogP contribution in [0.4, 0.5) is 22.2 Å². The zero-order valence-corrected chi connectivity index (χ0v) is 37.2. The van der Waals surface area contributed by atoms with Gasteiger partial charge in [0.2, 0.25) is 17.8 Å². The zero-order valence-electron chi connectivity index (χ0n) is 37.2. The predicted octanol–water partition coefficient (Wildman–Crippen LogP) is 7.70. The van der Waals surface area contributed by atoms with Crippen LogP contribution in [0.15, 0.2) is 156 Å². The van der Waals surface area contributed by atoms with E-state index in [-0.39, 0.29) is 22.9 Å². The highest BCUT2D eigenvalue weighted by Crippen LogP contribution is 2.26. The van der Waals surface area contributed by atoms with Gasteiger partial charge >= 0.3 is 0 Å². The van der Waals surface area contributed by atoms with Crippen molar-refractivity contribution in [2.45, 2.75) is 32.4 Å². The summed E-state index contributed by atoms with van der Waals surface area (Å²) in [5, 5.41) is 3.14. The number of furan rings is 1. The largest absolute Gasteiger partial charge is 0.467 e. The number of nitrogens with one attached hydrogen (secondary N) is 1. The summed E-state index contributed by atoms with van der Waals surface area (Å²) in [5.74, 6) is -0.180. The second kappa shape index (κ2) is 22.9. The van der Waals surface area contributed by atoms with Gasteiger partial charge in [-0.15, -0.1) is 0 Å². The average molecular weight is 913 g/mol. The van der Waals surface area contributed by atoms with Crippen molar-refractivity contribution < 1.29 is 23.2 Å². The van der Waals surface area contributed by atoms with Crippen molar-refractivity contribution in [2.24, 2.45) is 17.2 Å². The third kappa shape index (κ3) is 12.9. The summed E-state index contributed by atoms with van der Waals surface area (Å²) in [6.07, 6.45) is 4.89. The summed E-state index contributed by atoms with van der Waals surface area (Å²) in [4.78, 5) is 64.5. The first-order valence-electron chi connectivity index (χ1n) is 21.7. The average Bonchev–Trinajstić information content (AvgIpc) is 3.90. The Labute approximate surface area is 392 Å². The van der Waals surface area contributed by atoms with Gasteiger partial charge in [-0.1, -0.05) is 103 Å². The summed E-state index contributed by atoms with van der Waals surface area (Å²) < 4.78 is 19.3. The molecule has 0 atom stereocenters. The number of amides is 3. The first kappa shape index (κ1) is 47.1. The van der Waals surface area contributed by atoms with Gasteiger partial charge in [-0.2, -0.15) is 0 Å². The fourth-order valence-electron chi connectivity index (χ4n) is 6.98. The van der Waals surface area contributed by atoms with Crippen LogP contribution >= 0.6 is 0 Å². The smallest absolute Gasteiger partial charge is 0.267 e. The lowest BCUT2D eigenvalue weighted by molar-refractivity contribution is 0.0987. The number of nitrogens with zero attached hydrogens (tertiary/aromatic N) is 8. The molecule has 1 aliphatic heterocycles. The molecule has 1 saturated heterocycles. The Kier molecular flexibility index (Phi) is 15.8. The van der Waals surface area contributed by atoms with E-state index in [1.54, 1.807) is 41.5 Å². The molecule has 0 bridgehead atoms. The fourth-order valence-corrected chi connectivity index (χ4v) is 6.98. The van der Waals surface area contributed by atoms with Crippen molar-refractivity contribution in [3.05, 3.63) is 186 Å². The monoisotopic (exact) mass is 912 g/mol. The van der Waals surface area contributed by atoms with E-state index < -0.39 is 17.7 Å². The molecule has 68 heavy (non-hydrogen) atoms. The van der Waals surface area contributed by atoms with Crippen molar-refractivity contribution in [2.75, 3.05) is 35.3 Å². The van der Waals surface area contributed by atoms with Crippen LogP contribution in [0.3, 0.4) is 0 Å². The number of anilines is 3. The molecule has 1 aliphatic rings. The van der Waals surface area contributed by atoms with Gasteiger partial charge in [0.25, 0.3) is 17.7 Å². The minimum Gasteiger partial charge on any atom is -0.467 e. The minimum atomic E-state index is -0.641. The number of piperidine rings is 1. The first-order valence-corrected chi connectivity index (χ1v) is 21.7. The summed E-state index contributed by atoms with van der Waals surface area (Å²) >= 11 is 0. The van der Waals surface area contributed by atoms with Crippen molar-refractivity contribution in [3.63, 3.8) is 0 Å². The molecule has 0 saturated carbocycles. The van der Waals surface area contributed by atoms with Crippen LogP contribution in [0.5, 0.6) is 0 Å². The SMILES string of the molecule is CN(Cc1ccco1)c1nc(C(N)=O)cc(-c2ccccc2)n1.NC(=O)c1cc(-c2ccccc2)nc(NCc2ccccc2)n1.NC(=O)c1cc(-c2ccccc2F)nc(N2CCCCC2)n1. The molecule has 4 aromatic carbocycles. The molecule has 1 fully saturated rings. The van der Waals surface area contributed by atoms with Gasteiger partial charge in [0.1, 0.15) is 28.7 Å². The molecule has 4 aromatic heterocycles. The Morgan fingerprint density at radius 3 is 1.75 bits per heavy atom. The van der Waals surface area contributed by atoms with Crippen LogP contribution in [0, 0.1) is 5.82 Å². The lowest BCUT2D eigenvalue weighted by Gasteiger charge is -2.27. The third-order valence-electron chi connectivity index (χ3n) is 10.4. The lowest BCUT2D eigenvalue weighted by atomic mass is 10.1. The van der Waals surface area contributed by atoms with Crippen molar-refractivity contribution in [1.29, 1.82) is 0 Å². The third-order valence-corrected chi connectivity index (χ3v) is 10.4. The molecule has 7 N–H and O–H groups in total. The maximum absolute atomic E-state index is 14.0. The predicted molar refractivity (Wildman–Crippen MR) is 259 cm³/mol. The summed E-state index contributed by atoms with van der Waals surface area (Å²) in [7, 11) is 1.83. The van der Waals surface area contributed by atoms with Crippen molar-refractivity contribution in [3.8, 4) is 33.8 Å². The number of nitrogens with two attached hydrogens (primary N) is 3. The van der Waals surface area contributed by atoms with Crippen LogP contribution in [0.25, 0.3) is 33.8 Å². The van der Waals surface area contributed by atoms with Crippen LogP contribution in [-0.2, 0) is 13.1 Å². The number of rotatable bonds is 13. The van der Waals surface area contributed by atoms with E-state index in [4.69, 9.17) is 21.6 Å². The van der Waals surface area contributed by atoms with E-state index in [2.05, 4.69) is 35.2 Å². The summed E-state index contributed by atoms with van der Waals surface area (Å²) in [6, 6.07) is 43.7. The zero-order chi connectivity index (χ0) is 47.8. The molecule has 5 heterocycles. The van der Waals surface area contributed by atoms with Gasteiger partial charge < -0.3 is 36.7 Å². The molecule has 0 radical (unpaired) electrons. The molecule has 9 rings (SSSR count). The maximum Gasteiger partial charge on any atom is 0.267 e. The molecular formula is C51H49FN12O4. The van der Waals surface area contributed by atoms with Gasteiger partial charge in [-0.25, -0.2) is 34.3 Å². The molecule has 17 heteroatoms. The van der Waals surface area contributed by atoms with Gasteiger partial charge in [0, 0.05) is 43.4 Å². The van der Waals surface area contributed by atoms with Crippen LogP contribution in [0.1, 0.15) is 62.1 Å². The standard InChI is InChI=1S/C18H16N4O.C17H16N4O2.C16H17FN4O/c19-17(23)16-11-15(14-9-5-2-6-10-14)21-18(22-16)20-12-13-7-3-1-4-8-13;1-21(11-13-8-5-9-23-13)17-19-14(10-15(20-17)16(18)22)12-6-3-2-4-7-12;17-12-7-3-2-6-11(12)13-10-14(15(18)22)20-16(19-13)21-8-4-1-5-9-21/h1-11H,12H2,(H2,19,23)(H,20,21,22);2-10H,11H2,1H3,(H2,18,22);2-3,6-7,10H,1,4-5,8-9H2,(H2,18,22). The summed E-state index contributed by atoms with van der Waals surface area (Å²) in [5.41, 5.74) is 21.5. The number of carbonyl (C=O) groups is 3. The number of primary amides is 3. The Morgan fingerprint density at radius 2 is 1.16 bits per heavy atom. The molecule has 16 nitrogen and oxygen atoms in total. The van der Waals surface area contributed by atoms with Crippen LogP contribution in [0.2, 0.25) is 0 Å². The van der Waals surface area contributed by atoms with E-state index in [9.17, 15) is 18.8 Å². The molecule has 0 unspecified atom stereocenters. The Bertz CT molecular complexity index is 2940. The molecular weight excluding hydrogens is 864 g/mol. The first-order chi connectivity index (χ1) is 33.0. The minimum absolute atomic E-state index is 0.105. The number of benzene rings is 4. The molecule has 0 aliphatic carbocycles. The van der Waals surface area contributed by atoms with Crippen LogP contribution in [-0.4, -0.2) is 67.8 Å². The van der Waals surface area contributed by atoms with E-state index in [1.807, 2.05) is 115 Å². The van der Waals surface area contributed by atoms with E-state index >= 15 is 0 Å². The summed E-state index contributed by atoms with van der Waals surface area (Å²) in [6.45, 7) is 2.72. The number of carbonyl (C=O) groups excluding carboxylic acids is 3. The highest BCUT2D eigenvalue weighted by atomic mass is 19.1. The normalized spacial score (nSPS) is 11.8. The van der Waals surface area contributed by atoms with E-state index in [0.29, 0.717) is 53.6 Å². The maximum atomic E-state index is 14.0. The fraction of sp³-hybridized carbons (Fsp3) is 0.157. The van der Waals surface area contributed by atoms with Crippen LogP contribution < -0.4 is 32.3 Å². The Hall–Kier alpha value is -8.86. The second-order valence-corrected chi connectivity index (χ2v) is 15.5. The quantitative estimate of drug-likeness (QED) is 0.0869. The highest BCUT2D eigenvalue weighted by Gasteiger charge is 2.19. The molecule has 8 aromatic rings. The molecule has 0 spiro atoms. The topological polar surface area (TPSA) is 238 Å². The number of aromatic nitrogens is 6.